The number of hydrogen-bond acceptors (Lipinski definition) is 1. The number of hydrogen-bond donors (Lipinski definition) is 1. The molecular formula is C16H17F2N. The molecule has 0 aromatic heterocycles. The van der Waals surface area contributed by atoms with Crippen LogP contribution in [0, 0.1) is 17.6 Å². The molecule has 1 atom stereocenters. The predicted molar refractivity (Wildman–Crippen MR) is 72.9 cm³/mol. The highest BCUT2D eigenvalue weighted by Gasteiger charge is 2.21. The van der Waals surface area contributed by atoms with Gasteiger partial charge in [0.1, 0.15) is 11.6 Å². The summed E-state index contributed by atoms with van der Waals surface area (Å²) in [6.45, 7) is 2.44. The minimum absolute atomic E-state index is 0.101. The van der Waals surface area contributed by atoms with Gasteiger partial charge in [0.25, 0.3) is 0 Å². The average Bonchev–Trinajstić information content (AvgIpc) is 2.39. The van der Waals surface area contributed by atoms with Crippen molar-refractivity contribution in [1.29, 1.82) is 0 Å². The van der Waals surface area contributed by atoms with Gasteiger partial charge in [-0.25, -0.2) is 8.78 Å². The van der Waals surface area contributed by atoms with Crippen LogP contribution in [0.5, 0.6) is 0 Å². The molecule has 0 amide bonds. The summed E-state index contributed by atoms with van der Waals surface area (Å²) in [4.78, 5) is 0. The highest BCUT2D eigenvalue weighted by atomic mass is 19.1. The van der Waals surface area contributed by atoms with Gasteiger partial charge in [-0.3, -0.25) is 0 Å². The Labute approximate surface area is 112 Å². The Hall–Kier alpha value is -1.74. The average molecular weight is 261 g/mol. The maximum Gasteiger partial charge on any atom is 0.123 e. The largest absolute Gasteiger partial charge is 0.330 e. The second kappa shape index (κ2) is 5.93. The molecule has 0 bridgehead atoms. The van der Waals surface area contributed by atoms with Crippen molar-refractivity contribution in [1.82, 2.24) is 0 Å². The first kappa shape index (κ1) is 13.7. The number of rotatable bonds is 4. The SMILES string of the molecule is C[C@H](CN)C(c1cccc(F)c1)c1cccc(F)c1. The fourth-order valence-corrected chi connectivity index (χ4v) is 2.39. The van der Waals surface area contributed by atoms with Crippen LogP contribution in [0.15, 0.2) is 48.5 Å². The van der Waals surface area contributed by atoms with Gasteiger partial charge in [0, 0.05) is 5.92 Å². The van der Waals surface area contributed by atoms with Crippen LogP contribution in [-0.4, -0.2) is 6.54 Å². The Morgan fingerprint density at radius 2 is 1.42 bits per heavy atom. The number of nitrogens with two attached hydrogens (primary N) is 1. The molecule has 0 saturated carbocycles. The first-order chi connectivity index (χ1) is 9.11. The fraction of sp³-hybridized carbons (Fsp3) is 0.250. The molecule has 2 aromatic carbocycles. The summed E-state index contributed by atoms with van der Waals surface area (Å²) in [5.41, 5.74) is 7.38. The number of halogens is 2. The third kappa shape index (κ3) is 3.18. The van der Waals surface area contributed by atoms with Crippen molar-refractivity contribution in [2.45, 2.75) is 12.8 Å². The van der Waals surface area contributed by atoms with E-state index < -0.39 is 0 Å². The molecule has 0 fully saturated rings. The summed E-state index contributed by atoms with van der Waals surface area (Å²) < 4.78 is 26.8. The lowest BCUT2D eigenvalue weighted by atomic mass is 9.81. The Morgan fingerprint density at radius 1 is 0.947 bits per heavy atom. The molecule has 100 valence electrons. The summed E-state index contributed by atoms with van der Waals surface area (Å²) in [6.07, 6.45) is 0. The molecule has 0 saturated heterocycles. The van der Waals surface area contributed by atoms with Crippen LogP contribution in [0.25, 0.3) is 0 Å². The smallest absolute Gasteiger partial charge is 0.123 e. The molecule has 0 spiro atoms. The van der Waals surface area contributed by atoms with E-state index in [4.69, 9.17) is 5.73 Å². The molecular weight excluding hydrogens is 244 g/mol. The van der Waals surface area contributed by atoms with E-state index in [-0.39, 0.29) is 23.5 Å². The molecule has 0 radical (unpaired) electrons. The zero-order chi connectivity index (χ0) is 13.8. The van der Waals surface area contributed by atoms with Crippen molar-refractivity contribution in [3.8, 4) is 0 Å². The van der Waals surface area contributed by atoms with E-state index in [1.165, 1.54) is 24.3 Å². The summed E-state index contributed by atoms with van der Waals surface area (Å²) in [5.74, 6) is -0.578. The Kier molecular flexibility index (Phi) is 4.27. The molecule has 2 rings (SSSR count). The quantitative estimate of drug-likeness (QED) is 0.892. The van der Waals surface area contributed by atoms with Gasteiger partial charge < -0.3 is 5.73 Å². The lowest BCUT2D eigenvalue weighted by molar-refractivity contribution is 0.516. The number of benzene rings is 2. The second-order valence-electron chi connectivity index (χ2n) is 4.80. The van der Waals surface area contributed by atoms with Crippen LogP contribution in [0.2, 0.25) is 0 Å². The van der Waals surface area contributed by atoms with Crippen LogP contribution in [0.1, 0.15) is 24.0 Å². The van der Waals surface area contributed by atoms with Crippen LogP contribution >= 0.6 is 0 Å². The van der Waals surface area contributed by atoms with Crippen molar-refractivity contribution in [2.75, 3.05) is 6.54 Å². The summed E-state index contributed by atoms with van der Waals surface area (Å²) in [6, 6.07) is 12.8. The standard InChI is InChI=1S/C16H17F2N/c1-11(10-19)16(12-4-2-6-14(17)8-12)13-5-3-7-15(18)9-13/h2-9,11,16H,10,19H2,1H3/t11-/m1/s1. The van der Waals surface area contributed by atoms with Gasteiger partial charge >= 0.3 is 0 Å². The molecule has 2 aromatic rings. The highest BCUT2D eigenvalue weighted by molar-refractivity contribution is 5.33. The maximum absolute atomic E-state index is 13.4. The fourth-order valence-electron chi connectivity index (χ4n) is 2.39. The maximum atomic E-state index is 13.4. The molecule has 0 unspecified atom stereocenters. The zero-order valence-electron chi connectivity index (χ0n) is 10.8. The van der Waals surface area contributed by atoms with Crippen LogP contribution in [0.3, 0.4) is 0 Å². The monoisotopic (exact) mass is 261 g/mol. The van der Waals surface area contributed by atoms with Gasteiger partial charge in [0.2, 0.25) is 0 Å². The minimum Gasteiger partial charge on any atom is -0.330 e. The van der Waals surface area contributed by atoms with Gasteiger partial charge in [-0.05, 0) is 47.9 Å². The van der Waals surface area contributed by atoms with Crippen molar-refractivity contribution in [2.24, 2.45) is 11.7 Å². The van der Waals surface area contributed by atoms with E-state index in [1.807, 2.05) is 19.1 Å². The first-order valence-electron chi connectivity index (χ1n) is 6.33. The van der Waals surface area contributed by atoms with Gasteiger partial charge in [0.15, 0.2) is 0 Å². The third-order valence-electron chi connectivity index (χ3n) is 3.36. The van der Waals surface area contributed by atoms with E-state index in [1.54, 1.807) is 12.1 Å². The summed E-state index contributed by atoms with van der Waals surface area (Å²) in [5, 5.41) is 0. The Bertz CT molecular complexity index is 508. The van der Waals surface area contributed by atoms with E-state index in [0.29, 0.717) is 6.54 Å². The lowest BCUT2D eigenvalue weighted by Gasteiger charge is -2.24. The van der Waals surface area contributed by atoms with Crippen LogP contribution in [-0.2, 0) is 0 Å². The lowest BCUT2D eigenvalue weighted by Crippen LogP contribution is -2.20. The zero-order valence-corrected chi connectivity index (χ0v) is 10.8. The van der Waals surface area contributed by atoms with Crippen molar-refractivity contribution in [3.05, 3.63) is 71.3 Å². The van der Waals surface area contributed by atoms with E-state index >= 15 is 0 Å². The molecule has 0 aliphatic carbocycles. The normalized spacial score (nSPS) is 12.7. The van der Waals surface area contributed by atoms with Gasteiger partial charge in [-0.1, -0.05) is 31.2 Å². The van der Waals surface area contributed by atoms with Gasteiger partial charge in [-0.2, -0.15) is 0 Å². The van der Waals surface area contributed by atoms with Crippen molar-refractivity contribution < 1.29 is 8.78 Å². The molecule has 0 aliphatic rings. The molecule has 0 aliphatic heterocycles. The molecule has 1 nitrogen and oxygen atoms in total. The summed E-state index contributed by atoms with van der Waals surface area (Å²) in [7, 11) is 0. The Balaban J connectivity index is 2.47. The molecule has 19 heavy (non-hydrogen) atoms. The minimum atomic E-state index is -0.289. The highest BCUT2D eigenvalue weighted by Crippen LogP contribution is 2.32. The first-order valence-corrected chi connectivity index (χ1v) is 6.33. The van der Waals surface area contributed by atoms with E-state index in [0.717, 1.165) is 11.1 Å². The predicted octanol–water partition coefficient (Wildman–Crippen LogP) is 3.69. The molecule has 3 heteroatoms. The third-order valence-corrected chi connectivity index (χ3v) is 3.36. The van der Waals surface area contributed by atoms with Gasteiger partial charge in [0.05, 0.1) is 0 Å². The van der Waals surface area contributed by atoms with Gasteiger partial charge in [-0.15, -0.1) is 0 Å². The molecule has 0 heterocycles. The van der Waals surface area contributed by atoms with Crippen molar-refractivity contribution >= 4 is 0 Å². The van der Waals surface area contributed by atoms with Crippen LogP contribution in [0.4, 0.5) is 8.78 Å². The van der Waals surface area contributed by atoms with E-state index in [2.05, 4.69) is 0 Å². The van der Waals surface area contributed by atoms with E-state index in [9.17, 15) is 8.78 Å². The molecule has 2 N–H and O–H groups in total. The topological polar surface area (TPSA) is 26.0 Å². The van der Waals surface area contributed by atoms with Crippen molar-refractivity contribution in [3.63, 3.8) is 0 Å². The van der Waals surface area contributed by atoms with Crippen LogP contribution < -0.4 is 5.73 Å². The summed E-state index contributed by atoms with van der Waals surface area (Å²) >= 11 is 0. The Morgan fingerprint density at radius 3 is 1.79 bits per heavy atom. The second-order valence-corrected chi connectivity index (χ2v) is 4.80.